The maximum Gasteiger partial charge on any atom is 0.352 e. The number of nitrogens with one attached hydrogen (secondary N) is 1. The average molecular weight is 581 g/mol. The van der Waals surface area contributed by atoms with E-state index in [1.807, 2.05) is 13.0 Å². The van der Waals surface area contributed by atoms with Gasteiger partial charge in [-0.2, -0.15) is 0 Å². The van der Waals surface area contributed by atoms with Gasteiger partial charge in [0.25, 0.3) is 0 Å². The van der Waals surface area contributed by atoms with E-state index >= 15 is 0 Å². The zero-order valence-electron chi connectivity index (χ0n) is 24.1. The molecule has 42 heavy (non-hydrogen) atoms. The van der Waals surface area contributed by atoms with Crippen LogP contribution in [-0.4, -0.2) is 80.5 Å². The van der Waals surface area contributed by atoms with Gasteiger partial charge in [0, 0.05) is 48.4 Å². The number of carboxylic acids is 1. The predicted octanol–water partition coefficient (Wildman–Crippen LogP) is 2.97. The van der Waals surface area contributed by atoms with Crippen molar-refractivity contribution < 1.29 is 34.4 Å². The first-order chi connectivity index (χ1) is 20.0. The third-order valence-electron chi connectivity index (χ3n) is 9.22. The summed E-state index contributed by atoms with van der Waals surface area (Å²) < 4.78 is 11.3. The number of carbonyl (C=O) groups is 2. The molecule has 1 aromatic carbocycles. The van der Waals surface area contributed by atoms with E-state index in [0.29, 0.717) is 60.3 Å². The van der Waals surface area contributed by atoms with Gasteiger partial charge in [-0.15, -0.1) is 0 Å². The maximum absolute atomic E-state index is 13.3. The van der Waals surface area contributed by atoms with Gasteiger partial charge < -0.3 is 40.4 Å². The lowest BCUT2D eigenvalue weighted by molar-refractivity contribution is -0.127. The first-order valence-electron chi connectivity index (χ1n) is 14.5. The Hall–Kier alpha value is -3.67. The molecule has 0 unspecified atom stereocenters. The minimum absolute atomic E-state index is 0.0998. The molecule has 1 aliphatic carbocycles. The highest BCUT2D eigenvalue weighted by molar-refractivity contribution is 6.05. The highest BCUT2D eigenvalue weighted by Gasteiger charge is 2.50. The Bertz CT molecular complexity index is 1430. The molecule has 1 amide bonds. The number of aliphatic hydroxyl groups excluding tert-OH is 1. The van der Waals surface area contributed by atoms with Crippen LogP contribution < -0.4 is 15.2 Å². The van der Waals surface area contributed by atoms with Crippen molar-refractivity contribution in [2.24, 2.45) is 11.7 Å². The summed E-state index contributed by atoms with van der Waals surface area (Å²) in [6.07, 6.45) is 3.59. The van der Waals surface area contributed by atoms with Crippen LogP contribution in [0.3, 0.4) is 0 Å². The second kappa shape index (κ2) is 11.9. The van der Waals surface area contributed by atoms with Crippen LogP contribution in [0.25, 0.3) is 10.9 Å². The van der Waals surface area contributed by atoms with Crippen molar-refractivity contribution in [2.75, 3.05) is 26.7 Å². The number of likely N-dealkylation sites (tertiary alicyclic amines) is 1. The van der Waals surface area contributed by atoms with Crippen molar-refractivity contribution in [3.05, 3.63) is 53.3 Å². The zero-order chi connectivity index (χ0) is 30.1. The number of nitrogens with two attached hydrogens (primary N) is 1. The number of pyridine rings is 1. The Morgan fingerprint density at radius 2 is 1.95 bits per heavy atom. The van der Waals surface area contributed by atoms with Gasteiger partial charge in [-0.1, -0.05) is 13.0 Å². The van der Waals surface area contributed by atoms with Crippen LogP contribution in [0.2, 0.25) is 0 Å². The number of carboxylic acid groups (broad SMARTS) is 1. The number of amides is 1. The number of aromatic carboxylic acids is 1. The summed E-state index contributed by atoms with van der Waals surface area (Å²) in [5.41, 5.74) is 5.29. The van der Waals surface area contributed by atoms with Crippen LogP contribution in [0.4, 0.5) is 0 Å². The molecule has 6 N–H and O–H groups in total. The number of hydrogen-bond donors (Lipinski definition) is 5. The molecular formula is C31H40N4O7. The van der Waals surface area contributed by atoms with Crippen molar-refractivity contribution in [3.63, 3.8) is 0 Å². The van der Waals surface area contributed by atoms with E-state index in [4.69, 9.17) is 15.2 Å². The topological polar surface area (TPSA) is 171 Å². The van der Waals surface area contributed by atoms with E-state index in [1.165, 1.54) is 7.11 Å². The number of aromatic nitrogens is 2. The van der Waals surface area contributed by atoms with Crippen molar-refractivity contribution in [1.29, 1.82) is 0 Å². The molecule has 2 fully saturated rings. The fraction of sp³-hybridized carbons (Fsp3) is 0.516. The molecule has 0 radical (unpaired) electrons. The third-order valence-corrected chi connectivity index (χ3v) is 9.22. The molecule has 11 heteroatoms. The van der Waals surface area contributed by atoms with Crippen LogP contribution in [0, 0.1) is 5.92 Å². The molecule has 2 atom stereocenters. The highest BCUT2D eigenvalue weighted by atomic mass is 16.5. The normalized spacial score (nSPS) is 26.7. The molecule has 3 aromatic rings. The van der Waals surface area contributed by atoms with Crippen molar-refractivity contribution in [2.45, 2.75) is 69.2 Å². The number of nitrogens with zero attached hydrogens (tertiary/aromatic N) is 2. The van der Waals surface area contributed by atoms with E-state index in [-0.39, 0.29) is 37.2 Å². The standard InChI is InChI=1S/C31H40N4O7/c1-19-17-35(14-8-22(19)36)15-13-30(40)9-11-31(12-10-30,29(32)39)26-25-21(34-27(26)28(37)38)4-3-5-23(25)42-18-20-6-7-24(41-2)33-16-20/h3-7,16,19,22,34,36,40H,8-15,17-18H2,1-2H3,(H2,32,39)(H,37,38)/t19-,22-,30?,31?/m0/s1. The van der Waals surface area contributed by atoms with E-state index in [1.54, 1.807) is 30.5 Å². The molecule has 1 saturated carbocycles. The molecule has 2 aromatic heterocycles. The molecule has 2 aliphatic rings. The average Bonchev–Trinajstić information content (AvgIpc) is 3.39. The number of methoxy groups -OCH3 is 1. The second-order valence-corrected chi connectivity index (χ2v) is 11.9. The van der Waals surface area contributed by atoms with Gasteiger partial charge in [-0.05, 0) is 62.6 Å². The Kier molecular flexibility index (Phi) is 8.45. The highest BCUT2D eigenvalue weighted by Crippen LogP contribution is 2.49. The van der Waals surface area contributed by atoms with Gasteiger partial charge in [0.2, 0.25) is 11.8 Å². The minimum atomic E-state index is -1.30. The van der Waals surface area contributed by atoms with Crippen LogP contribution >= 0.6 is 0 Å². The second-order valence-electron chi connectivity index (χ2n) is 11.9. The molecule has 5 rings (SSSR count). The minimum Gasteiger partial charge on any atom is -0.488 e. The van der Waals surface area contributed by atoms with E-state index in [2.05, 4.69) is 14.9 Å². The first-order valence-corrected chi connectivity index (χ1v) is 14.5. The molecule has 11 nitrogen and oxygen atoms in total. The largest absolute Gasteiger partial charge is 0.488 e. The summed E-state index contributed by atoms with van der Waals surface area (Å²) in [7, 11) is 1.54. The summed E-state index contributed by atoms with van der Waals surface area (Å²) >= 11 is 0. The summed E-state index contributed by atoms with van der Waals surface area (Å²) in [4.78, 5) is 35.2. The Morgan fingerprint density at radius 3 is 2.57 bits per heavy atom. The number of H-pyrrole nitrogens is 1. The molecular weight excluding hydrogens is 540 g/mol. The monoisotopic (exact) mass is 580 g/mol. The number of carbonyl (C=O) groups excluding carboxylic acids is 1. The van der Waals surface area contributed by atoms with Crippen LogP contribution in [0.15, 0.2) is 36.5 Å². The zero-order valence-corrected chi connectivity index (χ0v) is 24.1. The lowest BCUT2D eigenvalue weighted by atomic mass is 9.63. The molecule has 0 bridgehead atoms. The summed E-state index contributed by atoms with van der Waals surface area (Å²) in [6.45, 7) is 4.43. The first kappa shape index (κ1) is 29.8. The Morgan fingerprint density at radius 1 is 1.19 bits per heavy atom. The SMILES string of the molecule is COc1ccc(COc2cccc3[nH]c(C(=O)O)c(C4(C(N)=O)CCC(O)(CCN5CC[C@H](O)[C@@H](C)C5)CC4)c23)cn1. The smallest absolute Gasteiger partial charge is 0.352 e. The predicted molar refractivity (Wildman–Crippen MR) is 156 cm³/mol. The Balaban J connectivity index is 1.42. The fourth-order valence-corrected chi connectivity index (χ4v) is 6.55. The number of ether oxygens (including phenoxy) is 2. The van der Waals surface area contributed by atoms with Crippen LogP contribution in [0.1, 0.15) is 67.1 Å². The quantitative estimate of drug-likeness (QED) is 0.242. The van der Waals surface area contributed by atoms with Gasteiger partial charge in [-0.3, -0.25) is 4.79 Å². The van der Waals surface area contributed by atoms with Crippen LogP contribution in [0.5, 0.6) is 11.6 Å². The number of benzene rings is 1. The van der Waals surface area contributed by atoms with Gasteiger partial charge in [-0.25, -0.2) is 9.78 Å². The van der Waals surface area contributed by atoms with E-state index < -0.39 is 22.9 Å². The lowest BCUT2D eigenvalue weighted by Crippen LogP contribution is -2.50. The van der Waals surface area contributed by atoms with Gasteiger partial charge >= 0.3 is 5.97 Å². The maximum atomic E-state index is 13.3. The molecule has 1 aliphatic heterocycles. The number of aromatic amines is 1. The summed E-state index contributed by atoms with van der Waals surface area (Å²) in [5.74, 6) is -0.749. The van der Waals surface area contributed by atoms with Crippen LogP contribution in [-0.2, 0) is 16.8 Å². The number of fused-ring (bicyclic) bond motifs is 1. The number of primary amides is 1. The van der Waals surface area contributed by atoms with Crippen molar-refractivity contribution in [3.8, 4) is 11.6 Å². The van der Waals surface area contributed by atoms with Crippen molar-refractivity contribution in [1.82, 2.24) is 14.9 Å². The third kappa shape index (κ3) is 5.81. The number of hydrogen-bond acceptors (Lipinski definition) is 8. The molecule has 1 saturated heterocycles. The van der Waals surface area contributed by atoms with Gasteiger partial charge in [0.05, 0.1) is 29.7 Å². The van der Waals surface area contributed by atoms with E-state index in [9.17, 15) is 24.9 Å². The van der Waals surface area contributed by atoms with Crippen molar-refractivity contribution >= 4 is 22.8 Å². The van der Waals surface area contributed by atoms with Gasteiger partial charge in [0.1, 0.15) is 18.1 Å². The number of piperidine rings is 1. The Labute approximate surface area is 244 Å². The lowest BCUT2D eigenvalue weighted by Gasteiger charge is -2.44. The number of aliphatic hydroxyl groups is 2. The van der Waals surface area contributed by atoms with Gasteiger partial charge in [0.15, 0.2) is 0 Å². The van der Waals surface area contributed by atoms with E-state index in [0.717, 1.165) is 18.7 Å². The molecule has 0 spiro atoms. The summed E-state index contributed by atoms with van der Waals surface area (Å²) in [6, 6.07) is 8.80. The summed E-state index contributed by atoms with van der Waals surface area (Å²) in [5, 5.41) is 32.3. The molecule has 226 valence electrons. The number of rotatable bonds is 10. The molecule has 3 heterocycles. The fourth-order valence-electron chi connectivity index (χ4n) is 6.55.